The molecule has 0 fully saturated rings. The number of hydrogen-bond donors (Lipinski definition) is 4. The number of rotatable bonds is 3. The van der Waals surface area contributed by atoms with Crippen molar-refractivity contribution >= 4 is 17.3 Å². The normalized spacial score (nSPS) is 12.0. The van der Waals surface area contributed by atoms with Crippen LogP contribution in [0, 0.1) is 5.41 Å². The molecule has 0 saturated carbocycles. The third kappa shape index (κ3) is 2.08. The Morgan fingerprint density at radius 3 is 3.09 bits per heavy atom. The predicted molar refractivity (Wildman–Crippen MR) is 88.9 cm³/mol. The topological polar surface area (TPSA) is 90.6 Å². The summed E-state index contributed by atoms with van der Waals surface area (Å²) < 4.78 is 0. The average Bonchev–Trinajstić information content (AvgIpc) is 3.20. The number of hydrogen-bond acceptors (Lipinski definition) is 3. The maximum absolute atomic E-state index is 7.25. The number of nitrogens with one attached hydrogen (secondary N) is 3. The largest absolute Gasteiger partial charge is 0.370 e. The Balaban J connectivity index is 1.71. The zero-order chi connectivity index (χ0) is 15.1. The zero-order valence-electron chi connectivity index (χ0n) is 11.8. The number of aromatic amines is 1. The number of fused-ring (bicyclic) bond motifs is 3. The highest BCUT2D eigenvalue weighted by Gasteiger charge is 2.25. The quantitative estimate of drug-likeness (QED) is 0.346. The molecule has 4 rings (SSSR count). The van der Waals surface area contributed by atoms with Crippen LogP contribution in [0.2, 0.25) is 0 Å². The zero-order valence-corrected chi connectivity index (χ0v) is 12.6. The summed E-state index contributed by atoms with van der Waals surface area (Å²) >= 11 is 1.68. The van der Waals surface area contributed by atoms with Gasteiger partial charge in [0.15, 0.2) is 5.96 Å². The summed E-state index contributed by atoms with van der Waals surface area (Å²) in [5.41, 5.74) is 13.6. The molecule has 0 bridgehead atoms. The fourth-order valence-electron chi connectivity index (χ4n) is 2.91. The molecule has 0 radical (unpaired) electrons. The van der Waals surface area contributed by atoms with Gasteiger partial charge in [-0.2, -0.15) is 16.4 Å². The molecule has 5 nitrogen and oxygen atoms in total. The smallest absolute Gasteiger partial charge is 0.185 e. The minimum absolute atomic E-state index is 0.0116. The molecular weight excluding hydrogens is 294 g/mol. The number of nitrogens with two attached hydrogens (primary N) is 1. The molecule has 1 aliphatic rings. The number of H-pyrrole nitrogens is 1. The molecule has 0 aliphatic heterocycles. The second-order valence-electron chi connectivity index (χ2n) is 5.37. The van der Waals surface area contributed by atoms with Crippen LogP contribution in [0.25, 0.3) is 22.5 Å². The number of guanidine groups is 1. The third-order valence-electron chi connectivity index (χ3n) is 3.96. The van der Waals surface area contributed by atoms with Gasteiger partial charge in [-0.05, 0) is 28.6 Å². The SMILES string of the molecule is N=C(N)NCc1ccc2c(c1)-c1[nH]nc(-c3ccsc3)c1C2. The predicted octanol–water partition coefficient (Wildman–Crippen LogP) is 2.69. The lowest BCUT2D eigenvalue weighted by Crippen LogP contribution is -2.29. The fraction of sp³-hybridized carbons (Fsp3) is 0.125. The van der Waals surface area contributed by atoms with Gasteiger partial charge in [-0.1, -0.05) is 12.1 Å². The molecule has 0 spiro atoms. The average molecular weight is 309 g/mol. The first-order valence-corrected chi connectivity index (χ1v) is 7.96. The molecule has 0 unspecified atom stereocenters. The Morgan fingerprint density at radius 2 is 2.32 bits per heavy atom. The molecule has 2 heterocycles. The van der Waals surface area contributed by atoms with E-state index in [0.717, 1.165) is 23.4 Å². The van der Waals surface area contributed by atoms with E-state index >= 15 is 0 Å². The maximum atomic E-state index is 7.25. The first-order valence-electron chi connectivity index (χ1n) is 7.02. The Hall–Kier alpha value is -2.60. The van der Waals surface area contributed by atoms with Crippen LogP contribution in [-0.4, -0.2) is 16.2 Å². The summed E-state index contributed by atoms with van der Waals surface area (Å²) in [5, 5.41) is 22.0. The Bertz CT molecular complexity index is 848. The molecule has 110 valence electrons. The van der Waals surface area contributed by atoms with Crippen LogP contribution in [0.5, 0.6) is 0 Å². The van der Waals surface area contributed by atoms with Crippen molar-refractivity contribution in [2.45, 2.75) is 13.0 Å². The number of nitrogens with zero attached hydrogens (tertiary/aromatic N) is 1. The minimum Gasteiger partial charge on any atom is -0.370 e. The molecule has 1 aliphatic carbocycles. The van der Waals surface area contributed by atoms with E-state index in [0.29, 0.717) is 6.54 Å². The number of thiophene rings is 1. The van der Waals surface area contributed by atoms with Crippen molar-refractivity contribution in [2.24, 2.45) is 5.73 Å². The number of benzene rings is 1. The summed E-state index contributed by atoms with van der Waals surface area (Å²) in [6.45, 7) is 0.559. The highest BCUT2D eigenvalue weighted by molar-refractivity contribution is 7.08. The van der Waals surface area contributed by atoms with Gasteiger partial charge >= 0.3 is 0 Å². The summed E-state index contributed by atoms with van der Waals surface area (Å²) in [7, 11) is 0. The number of aromatic nitrogens is 2. The summed E-state index contributed by atoms with van der Waals surface area (Å²) in [4.78, 5) is 0. The van der Waals surface area contributed by atoms with Crippen LogP contribution >= 0.6 is 11.3 Å². The van der Waals surface area contributed by atoms with Crippen molar-refractivity contribution in [3.8, 4) is 22.5 Å². The van der Waals surface area contributed by atoms with Crippen molar-refractivity contribution in [2.75, 3.05) is 0 Å². The van der Waals surface area contributed by atoms with Crippen LogP contribution in [0.4, 0.5) is 0 Å². The van der Waals surface area contributed by atoms with Gasteiger partial charge in [-0.15, -0.1) is 0 Å². The van der Waals surface area contributed by atoms with E-state index in [4.69, 9.17) is 11.1 Å². The van der Waals surface area contributed by atoms with Gasteiger partial charge in [-0.25, -0.2) is 0 Å². The third-order valence-corrected chi connectivity index (χ3v) is 4.64. The molecule has 5 N–H and O–H groups in total. The van der Waals surface area contributed by atoms with Gasteiger partial charge < -0.3 is 11.1 Å². The van der Waals surface area contributed by atoms with Crippen LogP contribution in [0.3, 0.4) is 0 Å². The van der Waals surface area contributed by atoms with Crippen molar-refractivity contribution in [1.82, 2.24) is 15.5 Å². The van der Waals surface area contributed by atoms with Gasteiger partial charge in [0.05, 0.1) is 11.4 Å². The Kier molecular flexibility index (Phi) is 2.97. The Morgan fingerprint density at radius 1 is 1.41 bits per heavy atom. The highest BCUT2D eigenvalue weighted by Crippen LogP contribution is 2.40. The standard InChI is InChI=1S/C16H15N5S/c17-16(18)19-7-9-1-2-10-6-13-14(11-3-4-22-8-11)20-21-15(13)12(10)5-9/h1-5,8H,6-7H2,(H,20,21)(H4,17,18,19). The van der Waals surface area contributed by atoms with E-state index in [2.05, 4.69) is 50.5 Å². The van der Waals surface area contributed by atoms with Gasteiger partial charge in [-0.3, -0.25) is 10.5 Å². The highest BCUT2D eigenvalue weighted by atomic mass is 32.1. The van der Waals surface area contributed by atoms with Gasteiger partial charge in [0.25, 0.3) is 0 Å². The lowest BCUT2D eigenvalue weighted by atomic mass is 10.1. The van der Waals surface area contributed by atoms with Gasteiger partial charge in [0.2, 0.25) is 0 Å². The minimum atomic E-state index is -0.0116. The summed E-state index contributed by atoms with van der Waals surface area (Å²) in [6, 6.07) is 8.48. The van der Waals surface area contributed by atoms with Crippen molar-refractivity contribution in [3.05, 3.63) is 51.7 Å². The van der Waals surface area contributed by atoms with Crippen LogP contribution in [0.15, 0.2) is 35.0 Å². The Labute approximate surface area is 131 Å². The van der Waals surface area contributed by atoms with Crippen molar-refractivity contribution in [1.29, 1.82) is 5.41 Å². The second-order valence-corrected chi connectivity index (χ2v) is 6.15. The van der Waals surface area contributed by atoms with Crippen LogP contribution in [-0.2, 0) is 13.0 Å². The molecular formula is C16H15N5S. The van der Waals surface area contributed by atoms with E-state index in [9.17, 15) is 0 Å². The monoisotopic (exact) mass is 309 g/mol. The van der Waals surface area contributed by atoms with E-state index < -0.39 is 0 Å². The van der Waals surface area contributed by atoms with E-state index in [1.807, 2.05) is 0 Å². The first kappa shape index (κ1) is 13.1. The van der Waals surface area contributed by atoms with Gasteiger partial charge in [0, 0.05) is 35.0 Å². The summed E-state index contributed by atoms with van der Waals surface area (Å²) in [5.74, 6) is -0.0116. The van der Waals surface area contributed by atoms with E-state index in [1.165, 1.54) is 22.3 Å². The summed E-state index contributed by atoms with van der Waals surface area (Å²) in [6.07, 6.45) is 0.909. The van der Waals surface area contributed by atoms with E-state index in [1.54, 1.807) is 11.3 Å². The maximum Gasteiger partial charge on any atom is 0.185 e. The lowest BCUT2D eigenvalue weighted by molar-refractivity contribution is 0.896. The van der Waals surface area contributed by atoms with Crippen molar-refractivity contribution in [3.63, 3.8) is 0 Å². The molecule has 6 heteroatoms. The second kappa shape index (κ2) is 4.99. The van der Waals surface area contributed by atoms with Crippen molar-refractivity contribution < 1.29 is 0 Å². The van der Waals surface area contributed by atoms with Crippen LogP contribution in [0.1, 0.15) is 16.7 Å². The van der Waals surface area contributed by atoms with Crippen LogP contribution < -0.4 is 11.1 Å². The molecule has 2 aromatic heterocycles. The lowest BCUT2D eigenvalue weighted by Gasteiger charge is -2.06. The van der Waals surface area contributed by atoms with Gasteiger partial charge in [0.1, 0.15) is 0 Å². The molecule has 0 amide bonds. The molecule has 1 aromatic carbocycles. The molecule has 0 atom stereocenters. The first-order chi connectivity index (χ1) is 10.7. The molecule has 0 saturated heterocycles. The van der Waals surface area contributed by atoms with E-state index in [-0.39, 0.29) is 5.96 Å². The molecule has 3 aromatic rings. The fourth-order valence-corrected chi connectivity index (χ4v) is 3.55. The molecule has 22 heavy (non-hydrogen) atoms.